The van der Waals surface area contributed by atoms with Crippen molar-refractivity contribution >= 4 is 24.8 Å². The van der Waals surface area contributed by atoms with Crippen LogP contribution in [0.15, 0.2) is 0 Å². The zero-order valence-corrected chi connectivity index (χ0v) is 12.7. The zero-order valence-electron chi connectivity index (χ0n) is 11.8. The number of thiol groups is 1. The van der Waals surface area contributed by atoms with Gasteiger partial charge in [-0.15, -0.1) is 0 Å². The van der Waals surface area contributed by atoms with Crippen molar-refractivity contribution < 1.29 is 13.9 Å². The molecule has 1 N–H and O–H groups in total. The van der Waals surface area contributed by atoms with Gasteiger partial charge in [-0.25, -0.2) is 9.08 Å². The molecule has 2 unspecified atom stereocenters. The Labute approximate surface area is 129 Å². The van der Waals surface area contributed by atoms with Gasteiger partial charge in [0.2, 0.25) is 5.91 Å². The lowest BCUT2D eigenvalue weighted by molar-refractivity contribution is -0.135. The fourth-order valence-corrected chi connectivity index (χ4v) is 4.44. The lowest BCUT2D eigenvalue weighted by atomic mass is 10.00. The third-order valence-electron chi connectivity index (χ3n) is 5.40. The maximum atomic E-state index is 12.8. The molecule has 4 fully saturated rings. The summed E-state index contributed by atoms with van der Waals surface area (Å²) in [5, 5.41) is 4.67. The van der Waals surface area contributed by atoms with Crippen LogP contribution in [0.4, 0.5) is 4.79 Å². The van der Waals surface area contributed by atoms with Crippen LogP contribution in [0.3, 0.4) is 0 Å². The van der Waals surface area contributed by atoms with E-state index in [-0.39, 0.29) is 24.0 Å². The van der Waals surface area contributed by atoms with Gasteiger partial charge in [0, 0.05) is 45.6 Å². The molecule has 0 aromatic heterocycles. The number of fused-ring (bicyclic) bond motifs is 3. The van der Waals surface area contributed by atoms with Crippen molar-refractivity contribution in [2.45, 2.75) is 24.9 Å². The number of hydrogen-bond acceptors (Lipinski definition) is 5. The Morgan fingerprint density at radius 3 is 2.57 bits per heavy atom. The molecule has 0 aromatic carbocycles. The average Bonchev–Trinajstić information content (AvgIpc) is 3.13. The molecule has 4 saturated heterocycles. The predicted octanol–water partition coefficient (Wildman–Crippen LogP) is -0.291. The fourth-order valence-electron chi connectivity index (χ4n) is 4.24. The number of likely N-dealkylation sites (tertiary alicyclic amines) is 1. The van der Waals surface area contributed by atoms with Crippen molar-refractivity contribution in [2.75, 3.05) is 32.7 Å². The first kappa shape index (κ1) is 13.7. The summed E-state index contributed by atoms with van der Waals surface area (Å²) in [6.07, 6.45) is 1.51. The van der Waals surface area contributed by atoms with Gasteiger partial charge in [-0.2, -0.15) is 5.06 Å². The molecule has 4 rings (SSSR count). The van der Waals surface area contributed by atoms with Crippen molar-refractivity contribution in [3.8, 4) is 0 Å². The summed E-state index contributed by atoms with van der Waals surface area (Å²) in [6.45, 7) is 4.23. The maximum Gasteiger partial charge on any atom is 0.345 e. The third-order valence-corrected chi connectivity index (χ3v) is 5.57. The molecule has 0 aliphatic carbocycles. The Balaban J connectivity index is 1.47. The van der Waals surface area contributed by atoms with E-state index in [0.29, 0.717) is 24.8 Å². The number of hydrogen-bond donors (Lipinski definition) is 2. The number of nitrogens with one attached hydrogen (secondary N) is 1. The minimum absolute atomic E-state index is 0.0289. The van der Waals surface area contributed by atoms with Crippen LogP contribution < -0.4 is 5.32 Å². The average molecular weight is 312 g/mol. The first-order chi connectivity index (χ1) is 10.2. The van der Waals surface area contributed by atoms with Gasteiger partial charge in [-0.1, -0.05) is 0 Å². The van der Waals surface area contributed by atoms with Gasteiger partial charge in [0.25, 0.3) is 0 Å². The summed E-state index contributed by atoms with van der Waals surface area (Å²) < 4.78 is 4.85. The second kappa shape index (κ2) is 5.03. The summed E-state index contributed by atoms with van der Waals surface area (Å²) in [7, 11) is 0. The molecule has 0 radical (unpaired) electrons. The van der Waals surface area contributed by atoms with Crippen molar-refractivity contribution in [2.24, 2.45) is 11.8 Å². The van der Waals surface area contributed by atoms with Gasteiger partial charge < -0.3 is 15.1 Å². The van der Waals surface area contributed by atoms with E-state index in [2.05, 4.69) is 18.2 Å². The number of nitrogens with zero attached hydrogens (tertiary/aromatic N) is 3. The van der Waals surface area contributed by atoms with E-state index in [1.807, 2.05) is 4.90 Å². The van der Waals surface area contributed by atoms with Gasteiger partial charge in [0.05, 0.1) is 6.04 Å². The molecule has 0 saturated carbocycles. The van der Waals surface area contributed by atoms with Crippen LogP contribution in [-0.2, 0) is 9.08 Å². The zero-order chi connectivity index (χ0) is 14.6. The summed E-state index contributed by atoms with van der Waals surface area (Å²) in [5.41, 5.74) is 0. The highest BCUT2D eigenvalue weighted by Crippen LogP contribution is 2.33. The predicted molar refractivity (Wildman–Crippen MR) is 77.3 cm³/mol. The van der Waals surface area contributed by atoms with Gasteiger partial charge in [0.1, 0.15) is 6.04 Å². The van der Waals surface area contributed by atoms with Crippen LogP contribution in [0.2, 0.25) is 0 Å². The minimum atomic E-state index is -0.325. The van der Waals surface area contributed by atoms with E-state index in [0.717, 1.165) is 32.6 Å². The highest BCUT2D eigenvalue weighted by atomic mass is 32.1. The largest absolute Gasteiger partial charge is 0.345 e. The Morgan fingerprint density at radius 2 is 1.90 bits per heavy atom. The van der Waals surface area contributed by atoms with Crippen molar-refractivity contribution in [3.05, 3.63) is 0 Å². The number of piperidine rings is 1. The maximum absolute atomic E-state index is 12.8. The summed E-state index contributed by atoms with van der Waals surface area (Å²) in [6, 6.07) is -0.526. The molecule has 8 heteroatoms. The molecule has 4 atom stereocenters. The highest BCUT2D eigenvalue weighted by Gasteiger charge is 2.50. The van der Waals surface area contributed by atoms with Crippen LogP contribution in [0.5, 0.6) is 0 Å². The van der Waals surface area contributed by atoms with E-state index in [1.165, 1.54) is 5.06 Å². The molecule has 7 nitrogen and oxygen atoms in total. The third kappa shape index (κ3) is 2.03. The lowest BCUT2D eigenvalue weighted by Gasteiger charge is -2.32. The molecule has 116 valence electrons. The highest BCUT2D eigenvalue weighted by molar-refractivity contribution is 7.75. The van der Waals surface area contributed by atoms with E-state index in [4.69, 9.17) is 4.28 Å². The molecule has 4 aliphatic rings. The number of urea groups is 1. The Morgan fingerprint density at radius 1 is 1.19 bits per heavy atom. The summed E-state index contributed by atoms with van der Waals surface area (Å²) >= 11 is 3.75. The fraction of sp³-hybridized carbons (Fsp3) is 0.846. The molecule has 0 spiro atoms. The molecule has 4 heterocycles. The van der Waals surface area contributed by atoms with Crippen LogP contribution in [0.25, 0.3) is 0 Å². The summed E-state index contributed by atoms with van der Waals surface area (Å²) in [5.74, 6) is 1.27. The van der Waals surface area contributed by atoms with Crippen molar-refractivity contribution in [3.63, 3.8) is 0 Å². The van der Waals surface area contributed by atoms with Crippen molar-refractivity contribution in [1.82, 2.24) is 20.2 Å². The van der Waals surface area contributed by atoms with Crippen LogP contribution in [0, 0.1) is 11.8 Å². The van der Waals surface area contributed by atoms with E-state index < -0.39 is 0 Å². The monoisotopic (exact) mass is 312 g/mol. The molecular weight excluding hydrogens is 292 g/mol. The minimum Gasteiger partial charge on any atom is -0.340 e. The second-order valence-electron chi connectivity index (χ2n) is 6.51. The standard InChI is InChI=1S/C13H20N4O3S/c18-12(15-5-8-3-14-4-9(8)6-15)11-2-1-10-7-16(11)13(19)17(10)20-21/h8-11,14,21H,1-7H2/t8?,9?,10-,11+/m1/s1. The van der Waals surface area contributed by atoms with E-state index >= 15 is 0 Å². The number of rotatable bonds is 2. The Kier molecular flexibility index (Phi) is 3.27. The van der Waals surface area contributed by atoms with Gasteiger partial charge in [-0.3, -0.25) is 4.79 Å². The van der Waals surface area contributed by atoms with E-state index in [9.17, 15) is 9.59 Å². The number of carbonyl (C=O) groups excluding carboxylic acids is 2. The Bertz CT molecular complexity index is 464. The molecule has 2 bridgehead atoms. The second-order valence-corrected chi connectivity index (χ2v) is 6.67. The first-order valence-electron chi connectivity index (χ1n) is 7.60. The molecule has 4 aliphatic heterocycles. The van der Waals surface area contributed by atoms with Gasteiger partial charge >= 0.3 is 6.03 Å². The number of carbonyl (C=O) groups is 2. The number of hydroxylamine groups is 2. The molecule has 0 aromatic rings. The first-order valence-corrected chi connectivity index (χ1v) is 7.96. The van der Waals surface area contributed by atoms with Gasteiger partial charge in [0.15, 0.2) is 0 Å². The quantitative estimate of drug-likeness (QED) is 0.543. The number of amides is 3. The smallest absolute Gasteiger partial charge is 0.340 e. The lowest BCUT2D eigenvalue weighted by Crippen LogP contribution is -2.51. The SMILES string of the molecule is O=C([C@@H]1CC[C@@H]2CN1C(=O)N2OS)N1CC2CNCC2C1. The molecule has 21 heavy (non-hydrogen) atoms. The summed E-state index contributed by atoms with van der Waals surface area (Å²) in [4.78, 5) is 28.6. The van der Waals surface area contributed by atoms with Gasteiger partial charge in [-0.05, 0) is 24.7 Å². The topological polar surface area (TPSA) is 65.1 Å². The van der Waals surface area contributed by atoms with Crippen LogP contribution >= 0.6 is 12.9 Å². The normalized spacial score (nSPS) is 38.3. The van der Waals surface area contributed by atoms with E-state index in [1.54, 1.807) is 4.90 Å². The molecule has 3 amide bonds. The molecular formula is C13H20N4O3S. The van der Waals surface area contributed by atoms with Crippen LogP contribution in [-0.4, -0.2) is 71.6 Å². The van der Waals surface area contributed by atoms with Crippen LogP contribution in [0.1, 0.15) is 12.8 Å². The van der Waals surface area contributed by atoms with Crippen molar-refractivity contribution in [1.29, 1.82) is 0 Å². The Hall–Kier alpha value is -0.990.